The summed E-state index contributed by atoms with van der Waals surface area (Å²) in [6, 6.07) is 20.7. The third-order valence-corrected chi connectivity index (χ3v) is 6.69. The van der Waals surface area contributed by atoms with Crippen molar-refractivity contribution >= 4 is 23.2 Å². The second kappa shape index (κ2) is 9.17. The lowest BCUT2D eigenvalue weighted by molar-refractivity contribution is -0.114. The Hall–Kier alpha value is -3.87. The Morgan fingerprint density at radius 1 is 0.971 bits per heavy atom. The van der Waals surface area contributed by atoms with Crippen LogP contribution in [0.3, 0.4) is 0 Å². The van der Waals surface area contributed by atoms with Gasteiger partial charge in [-0.05, 0) is 42.2 Å². The molecule has 3 heterocycles. The van der Waals surface area contributed by atoms with Crippen LogP contribution in [0, 0.1) is 5.92 Å². The number of piperidine rings is 1. The number of nitrogens with zero attached hydrogens (tertiary/aromatic N) is 2. The summed E-state index contributed by atoms with van der Waals surface area (Å²) in [6.07, 6.45) is 1.05. The number of hydrogen-bond donors (Lipinski definition) is 2. The minimum absolute atomic E-state index is 0.0606. The number of rotatable bonds is 5. The smallest absolute Gasteiger partial charge is 0.251 e. The van der Waals surface area contributed by atoms with E-state index in [9.17, 15) is 14.4 Å². The SMILES string of the molecule is CC(=O)Nc1cc(C(=O)NCc2ccccc2)ccc1N1CC2CC(C1)c1cccc(=O)n1C2. The van der Waals surface area contributed by atoms with Gasteiger partial charge in [-0.25, -0.2) is 0 Å². The van der Waals surface area contributed by atoms with Gasteiger partial charge in [0.05, 0.1) is 11.4 Å². The van der Waals surface area contributed by atoms with Gasteiger partial charge in [0.2, 0.25) is 5.91 Å². The highest BCUT2D eigenvalue weighted by Gasteiger charge is 2.35. The molecule has 2 bridgehead atoms. The van der Waals surface area contributed by atoms with Gasteiger partial charge in [-0.3, -0.25) is 14.4 Å². The van der Waals surface area contributed by atoms with E-state index in [0.717, 1.165) is 36.5 Å². The maximum absolute atomic E-state index is 12.8. The first-order valence-electron chi connectivity index (χ1n) is 11.7. The number of pyridine rings is 1. The molecule has 2 unspecified atom stereocenters. The summed E-state index contributed by atoms with van der Waals surface area (Å²) in [5.41, 5.74) is 4.18. The fraction of sp³-hybridized carbons (Fsp3) is 0.296. The topological polar surface area (TPSA) is 83.4 Å². The van der Waals surface area contributed by atoms with Crippen LogP contribution in [0.25, 0.3) is 0 Å². The summed E-state index contributed by atoms with van der Waals surface area (Å²) in [5, 5.41) is 5.86. The fourth-order valence-corrected chi connectivity index (χ4v) is 5.22. The molecule has 0 saturated carbocycles. The van der Waals surface area contributed by atoms with Gasteiger partial charge in [0.15, 0.2) is 0 Å². The van der Waals surface area contributed by atoms with Gasteiger partial charge in [-0.1, -0.05) is 36.4 Å². The molecule has 1 saturated heterocycles. The molecule has 34 heavy (non-hydrogen) atoms. The molecule has 7 heteroatoms. The van der Waals surface area contributed by atoms with Crippen LogP contribution in [0.4, 0.5) is 11.4 Å². The summed E-state index contributed by atoms with van der Waals surface area (Å²) in [7, 11) is 0. The largest absolute Gasteiger partial charge is 0.369 e. The number of nitrogens with one attached hydrogen (secondary N) is 2. The van der Waals surface area contributed by atoms with Crippen molar-refractivity contribution in [2.75, 3.05) is 23.3 Å². The summed E-state index contributed by atoms with van der Waals surface area (Å²) in [4.78, 5) is 39.4. The minimum Gasteiger partial charge on any atom is -0.369 e. The first-order valence-corrected chi connectivity index (χ1v) is 11.7. The Bertz CT molecular complexity index is 1280. The summed E-state index contributed by atoms with van der Waals surface area (Å²) in [6.45, 7) is 4.16. The third-order valence-electron chi connectivity index (χ3n) is 6.69. The zero-order chi connectivity index (χ0) is 23.7. The molecule has 0 aliphatic carbocycles. The highest BCUT2D eigenvalue weighted by atomic mass is 16.2. The first kappa shape index (κ1) is 21.9. The average molecular weight is 457 g/mol. The predicted octanol–water partition coefficient (Wildman–Crippen LogP) is 3.36. The van der Waals surface area contributed by atoms with Gasteiger partial charge in [-0.2, -0.15) is 0 Å². The van der Waals surface area contributed by atoms with E-state index in [-0.39, 0.29) is 23.3 Å². The number of anilines is 2. The van der Waals surface area contributed by atoms with E-state index in [4.69, 9.17) is 0 Å². The van der Waals surface area contributed by atoms with Crippen LogP contribution in [0.2, 0.25) is 0 Å². The predicted molar refractivity (Wildman–Crippen MR) is 132 cm³/mol. The molecular formula is C27H28N4O3. The molecule has 2 aliphatic heterocycles. The Morgan fingerprint density at radius 3 is 2.59 bits per heavy atom. The van der Waals surface area contributed by atoms with Crippen molar-refractivity contribution in [1.82, 2.24) is 9.88 Å². The molecule has 0 radical (unpaired) electrons. The first-order chi connectivity index (χ1) is 16.5. The van der Waals surface area contributed by atoms with Crippen LogP contribution in [-0.4, -0.2) is 29.5 Å². The van der Waals surface area contributed by atoms with Crippen molar-refractivity contribution in [3.05, 3.63) is 93.9 Å². The molecule has 2 aliphatic rings. The third kappa shape index (κ3) is 4.46. The Balaban J connectivity index is 1.39. The number of fused-ring (bicyclic) bond motifs is 4. The van der Waals surface area contributed by atoms with Crippen molar-refractivity contribution in [3.63, 3.8) is 0 Å². The number of hydrogen-bond acceptors (Lipinski definition) is 4. The molecule has 2 N–H and O–H groups in total. The number of amides is 2. The van der Waals surface area contributed by atoms with Gasteiger partial charge in [0.25, 0.3) is 11.5 Å². The lowest BCUT2D eigenvalue weighted by Crippen LogP contribution is -2.47. The van der Waals surface area contributed by atoms with Crippen LogP contribution in [-0.2, 0) is 17.9 Å². The molecule has 1 aromatic heterocycles. The summed E-state index contributed by atoms with van der Waals surface area (Å²) in [5.74, 6) is 0.230. The molecule has 5 rings (SSSR count). The zero-order valence-corrected chi connectivity index (χ0v) is 19.2. The number of benzene rings is 2. The quantitative estimate of drug-likeness (QED) is 0.617. The van der Waals surface area contributed by atoms with Crippen molar-refractivity contribution in [3.8, 4) is 0 Å². The summed E-state index contributed by atoms with van der Waals surface area (Å²) < 4.78 is 1.91. The minimum atomic E-state index is -0.189. The van der Waals surface area contributed by atoms with Gasteiger partial charge in [0.1, 0.15) is 0 Å². The number of carbonyl (C=O) groups excluding carboxylic acids is 2. The van der Waals surface area contributed by atoms with E-state index >= 15 is 0 Å². The van der Waals surface area contributed by atoms with E-state index in [1.165, 1.54) is 6.92 Å². The van der Waals surface area contributed by atoms with Gasteiger partial charge in [-0.15, -0.1) is 0 Å². The van der Waals surface area contributed by atoms with Crippen LogP contribution < -0.4 is 21.1 Å². The number of carbonyl (C=O) groups is 2. The van der Waals surface area contributed by atoms with Crippen LogP contribution in [0.15, 0.2) is 71.5 Å². The normalized spacial score (nSPS) is 18.7. The second-order valence-electron chi connectivity index (χ2n) is 9.18. The van der Waals surface area contributed by atoms with E-state index in [1.807, 2.05) is 59.2 Å². The molecule has 7 nitrogen and oxygen atoms in total. The van der Waals surface area contributed by atoms with E-state index in [0.29, 0.717) is 30.3 Å². The van der Waals surface area contributed by atoms with E-state index in [2.05, 4.69) is 15.5 Å². The van der Waals surface area contributed by atoms with Gasteiger partial charge < -0.3 is 20.1 Å². The molecule has 2 atom stereocenters. The molecule has 3 aromatic rings. The van der Waals surface area contributed by atoms with Gasteiger partial charge in [0, 0.05) is 56.3 Å². The lowest BCUT2D eigenvalue weighted by atomic mass is 9.83. The van der Waals surface area contributed by atoms with Crippen molar-refractivity contribution < 1.29 is 9.59 Å². The Morgan fingerprint density at radius 2 is 1.79 bits per heavy atom. The van der Waals surface area contributed by atoms with E-state index in [1.54, 1.807) is 12.1 Å². The molecule has 2 amide bonds. The highest BCUT2D eigenvalue weighted by molar-refractivity contribution is 5.99. The maximum atomic E-state index is 12.8. The van der Waals surface area contributed by atoms with Crippen molar-refractivity contribution in [2.24, 2.45) is 5.92 Å². The van der Waals surface area contributed by atoms with E-state index < -0.39 is 0 Å². The monoisotopic (exact) mass is 456 g/mol. The van der Waals surface area contributed by atoms with Gasteiger partial charge >= 0.3 is 0 Å². The summed E-state index contributed by atoms with van der Waals surface area (Å²) >= 11 is 0. The highest BCUT2D eigenvalue weighted by Crippen LogP contribution is 2.39. The molecule has 2 aromatic carbocycles. The maximum Gasteiger partial charge on any atom is 0.251 e. The molecule has 174 valence electrons. The van der Waals surface area contributed by atoms with Crippen LogP contribution >= 0.6 is 0 Å². The molecular weight excluding hydrogens is 428 g/mol. The lowest BCUT2D eigenvalue weighted by Gasteiger charge is -2.44. The Kier molecular flexibility index (Phi) is 5.92. The Labute approximate surface area is 198 Å². The standard InChI is InChI=1S/C27H28N4O3/c1-18(32)29-23-13-21(27(34)28-14-19-6-3-2-4-7-19)10-11-25(23)30-15-20-12-22(17-30)24-8-5-9-26(33)31(24)16-20/h2-11,13,20,22H,12,14-17H2,1H3,(H,28,34)(H,29,32). The second-order valence-corrected chi connectivity index (χ2v) is 9.18. The van der Waals surface area contributed by atoms with Crippen LogP contribution in [0.5, 0.6) is 0 Å². The zero-order valence-electron chi connectivity index (χ0n) is 19.2. The number of aromatic nitrogens is 1. The van der Waals surface area contributed by atoms with Crippen LogP contribution in [0.1, 0.15) is 40.9 Å². The van der Waals surface area contributed by atoms with Crippen molar-refractivity contribution in [1.29, 1.82) is 0 Å². The van der Waals surface area contributed by atoms with Crippen molar-refractivity contribution in [2.45, 2.75) is 32.4 Å². The fourth-order valence-electron chi connectivity index (χ4n) is 5.22. The molecule has 0 spiro atoms. The average Bonchev–Trinajstić information content (AvgIpc) is 2.83. The molecule has 1 fully saturated rings.